The van der Waals surface area contributed by atoms with E-state index in [1.807, 2.05) is 44.2 Å². The minimum Gasteiger partial charge on any atom is -0.390 e. The Balaban J connectivity index is 1.17. The van der Waals surface area contributed by atoms with Gasteiger partial charge in [-0.15, -0.1) is 0 Å². The number of nitrogens with zero attached hydrogens (tertiary/aromatic N) is 3. The molecule has 1 unspecified atom stereocenters. The molecule has 4 rings (SSSR count). The van der Waals surface area contributed by atoms with Gasteiger partial charge in [0.25, 0.3) is 0 Å². The summed E-state index contributed by atoms with van der Waals surface area (Å²) in [5, 5.41) is 16.8. The van der Waals surface area contributed by atoms with Crippen molar-refractivity contribution in [2.45, 2.75) is 26.4 Å². The van der Waals surface area contributed by atoms with Crippen LogP contribution in [0, 0.1) is 13.8 Å². The van der Waals surface area contributed by atoms with Gasteiger partial charge in [0.05, 0.1) is 19.2 Å². The maximum atomic E-state index is 12.5. The molecule has 2 aromatic carbocycles. The predicted octanol–water partition coefficient (Wildman–Crippen LogP) is 2.29. The molecule has 3 N–H and O–H groups in total. The number of hydrogen-bond acceptors (Lipinski definition) is 5. The number of nitrogens with one attached hydrogen (secondary N) is 2. The van der Waals surface area contributed by atoms with Crippen LogP contribution in [-0.2, 0) is 11.2 Å². The number of amides is 1. The quantitative estimate of drug-likeness (QED) is 0.622. The van der Waals surface area contributed by atoms with Gasteiger partial charge in [0.1, 0.15) is 5.84 Å². The summed E-state index contributed by atoms with van der Waals surface area (Å²) in [4.78, 5) is 21.5. The zero-order valence-electron chi connectivity index (χ0n) is 19.0. The Kier molecular flexibility index (Phi) is 7.19. The monoisotopic (exact) mass is 435 g/mol. The highest BCUT2D eigenvalue weighted by molar-refractivity contribution is 6.02. The van der Waals surface area contributed by atoms with E-state index in [0.29, 0.717) is 19.6 Å². The number of aliphatic hydroxyl groups excluding tert-OH is 1. The van der Waals surface area contributed by atoms with Gasteiger partial charge in [0, 0.05) is 50.5 Å². The molecule has 0 aliphatic carbocycles. The number of aryl methyl sites for hydroxylation is 2. The molecule has 0 aromatic heterocycles. The second-order valence-corrected chi connectivity index (χ2v) is 8.79. The van der Waals surface area contributed by atoms with Crippen LogP contribution in [0.4, 0.5) is 11.4 Å². The number of amidine groups is 1. The lowest BCUT2D eigenvalue weighted by Gasteiger charge is -2.35. The molecule has 32 heavy (non-hydrogen) atoms. The SMILES string of the molecule is Cc1cccc(C)c1NC(=O)CN1CCN(CC(O)CN=C2Cc3ccccc3N2)CC1. The molecule has 2 aliphatic heterocycles. The van der Waals surface area contributed by atoms with Crippen molar-refractivity contribution in [3.8, 4) is 0 Å². The fraction of sp³-hybridized carbons (Fsp3) is 0.440. The Morgan fingerprint density at radius 2 is 1.75 bits per heavy atom. The summed E-state index contributed by atoms with van der Waals surface area (Å²) in [5.41, 5.74) is 5.44. The number of aliphatic imine (C=N–C) groups is 1. The first-order valence-corrected chi connectivity index (χ1v) is 11.3. The van der Waals surface area contributed by atoms with Crippen LogP contribution < -0.4 is 10.6 Å². The van der Waals surface area contributed by atoms with E-state index in [4.69, 9.17) is 0 Å². The van der Waals surface area contributed by atoms with Crippen molar-refractivity contribution in [1.29, 1.82) is 0 Å². The highest BCUT2D eigenvalue weighted by Gasteiger charge is 2.22. The second kappa shape index (κ2) is 10.3. The number of anilines is 2. The summed E-state index contributed by atoms with van der Waals surface area (Å²) in [6.07, 6.45) is 0.304. The number of hydrogen-bond donors (Lipinski definition) is 3. The van der Waals surface area contributed by atoms with Crippen molar-refractivity contribution in [2.24, 2.45) is 4.99 Å². The third kappa shape index (κ3) is 5.73. The zero-order valence-corrected chi connectivity index (χ0v) is 19.0. The average Bonchev–Trinajstić information content (AvgIpc) is 3.19. The van der Waals surface area contributed by atoms with Crippen LogP contribution in [0.1, 0.15) is 16.7 Å². The van der Waals surface area contributed by atoms with Crippen LogP contribution >= 0.6 is 0 Å². The Morgan fingerprint density at radius 1 is 1.06 bits per heavy atom. The summed E-state index contributed by atoms with van der Waals surface area (Å²) in [5.74, 6) is 0.946. The van der Waals surface area contributed by atoms with Crippen LogP contribution in [0.15, 0.2) is 47.5 Å². The number of carbonyl (C=O) groups excluding carboxylic acids is 1. The standard InChI is InChI=1S/C25H33N5O2/c1-18-6-5-7-19(2)25(18)28-24(32)17-30-12-10-29(11-13-30)16-21(31)15-26-23-14-20-8-3-4-9-22(20)27-23/h3-9,21,31H,10-17H2,1-2H3,(H,26,27)(H,28,32). The van der Waals surface area contributed by atoms with Gasteiger partial charge in [-0.05, 0) is 36.6 Å². The highest BCUT2D eigenvalue weighted by atomic mass is 16.3. The number of aliphatic hydroxyl groups is 1. The first kappa shape index (κ1) is 22.5. The zero-order chi connectivity index (χ0) is 22.5. The number of fused-ring (bicyclic) bond motifs is 1. The van der Waals surface area contributed by atoms with E-state index >= 15 is 0 Å². The molecular formula is C25H33N5O2. The van der Waals surface area contributed by atoms with Gasteiger partial charge < -0.3 is 15.7 Å². The van der Waals surface area contributed by atoms with Crippen LogP contribution in [0.25, 0.3) is 0 Å². The summed E-state index contributed by atoms with van der Waals surface area (Å²) < 4.78 is 0. The first-order valence-electron chi connectivity index (χ1n) is 11.3. The molecule has 0 bridgehead atoms. The van der Waals surface area contributed by atoms with E-state index in [1.165, 1.54) is 5.56 Å². The molecular weight excluding hydrogens is 402 g/mol. The molecule has 2 aliphatic rings. The normalized spacial score (nSPS) is 18.9. The van der Waals surface area contributed by atoms with Crippen molar-refractivity contribution in [3.05, 3.63) is 59.2 Å². The highest BCUT2D eigenvalue weighted by Crippen LogP contribution is 2.22. The largest absolute Gasteiger partial charge is 0.390 e. The minimum atomic E-state index is -0.494. The van der Waals surface area contributed by atoms with E-state index in [9.17, 15) is 9.90 Å². The average molecular weight is 436 g/mol. The number of β-amino-alcohol motifs (C(OH)–C–C–N with tert-alkyl or cyclic N) is 1. The summed E-state index contributed by atoms with van der Waals surface area (Å²) >= 11 is 0. The van der Waals surface area contributed by atoms with E-state index in [0.717, 1.165) is 60.9 Å². The molecule has 1 saturated heterocycles. The fourth-order valence-electron chi connectivity index (χ4n) is 4.37. The topological polar surface area (TPSA) is 80.2 Å². The van der Waals surface area contributed by atoms with Gasteiger partial charge in [0.15, 0.2) is 0 Å². The van der Waals surface area contributed by atoms with Crippen molar-refractivity contribution in [3.63, 3.8) is 0 Å². The number of para-hydroxylation sites is 2. The second-order valence-electron chi connectivity index (χ2n) is 8.79. The van der Waals surface area contributed by atoms with Gasteiger partial charge in [-0.25, -0.2) is 0 Å². The van der Waals surface area contributed by atoms with Crippen LogP contribution in [0.5, 0.6) is 0 Å². The number of carbonyl (C=O) groups is 1. The van der Waals surface area contributed by atoms with Gasteiger partial charge >= 0.3 is 0 Å². The molecule has 2 aromatic rings. The molecule has 1 fully saturated rings. The Morgan fingerprint density at radius 3 is 2.47 bits per heavy atom. The van der Waals surface area contributed by atoms with Crippen molar-refractivity contribution in [1.82, 2.24) is 9.80 Å². The first-order chi connectivity index (χ1) is 15.5. The van der Waals surface area contributed by atoms with Crippen LogP contribution in [-0.4, -0.2) is 78.6 Å². The molecule has 7 heteroatoms. The molecule has 7 nitrogen and oxygen atoms in total. The lowest BCUT2D eigenvalue weighted by Crippen LogP contribution is -2.50. The van der Waals surface area contributed by atoms with Crippen molar-refractivity contribution < 1.29 is 9.90 Å². The summed E-state index contributed by atoms with van der Waals surface area (Å²) in [6, 6.07) is 14.2. The van der Waals surface area contributed by atoms with Crippen molar-refractivity contribution in [2.75, 3.05) is 56.4 Å². The molecule has 1 atom stereocenters. The molecule has 170 valence electrons. The number of benzene rings is 2. The van der Waals surface area contributed by atoms with E-state index in [-0.39, 0.29) is 5.91 Å². The van der Waals surface area contributed by atoms with Crippen LogP contribution in [0.2, 0.25) is 0 Å². The van der Waals surface area contributed by atoms with E-state index < -0.39 is 6.10 Å². The van der Waals surface area contributed by atoms with Gasteiger partial charge in [-0.1, -0.05) is 36.4 Å². The molecule has 1 amide bonds. The lowest BCUT2D eigenvalue weighted by molar-refractivity contribution is -0.117. The molecule has 0 radical (unpaired) electrons. The Labute approximate surface area is 190 Å². The van der Waals surface area contributed by atoms with Gasteiger partial charge in [0.2, 0.25) is 5.91 Å². The van der Waals surface area contributed by atoms with E-state index in [2.05, 4.69) is 37.6 Å². The maximum absolute atomic E-state index is 12.5. The molecule has 0 saturated carbocycles. The Bertz CT molecular complexity index is 935. The number of rotatable bonds is 7. The smallest absolute Gasteiger partial charge is 0.238 e. The fourth-order valence-corrected chi connectivity index (χ4v) is 4.37. The van der Waals surface area contributed by atoms with Crippen LogP contribution in [0.3, 0.4) is 0 Å². The van der Waals surface area contributed by atoms with Gasteiger partial charge in [-0.2, -0.15) is 0 Å². The third-order valence-corrected chi connectivity index (χ3v) is 6.19. The van der Waals surface area contributed by atoms with E-state index in [1.54, 1.807) is 0 Å². The minimum absolute atomic E-state index is 0.0248. The lowest BCUT2D eigenvalue weighted by atomic mass is 10.1. The molecule has 2 heterocycles. The Hall–Kier alpha value is -2.74. The predicted molar refractivity (Wildman–Crippen MR) is 130 cm³/mol. The summed E-state index contributed by atoms with van der Waals surface area (Å²) in [6.45, 7) is 8.74. The molecule has 0 spiro atoms. The third-order valence-electron chi connectivity index (χ3n) is 6.19. The van der Waals surface area contributed by atoms with Gasteiger partial charge in [-0.3, -0.25) is 19.6 Å². The summed E-state index contributed by atoms with van der Waals surface area (Å²) in [7, 11) is 0. The number of piperazine rings is 1. The maximum Gasteiger partial charge on any atom is 0.238 e. The van der Waals surface area contributed by atoms with Crippen molar-refractivity contribution >= 4 is 23.1 Å².